The highest BCUT2D eigenvalue weighted by Crippen LogP contribution is 2.19. The predicted octanol–water partition coefficient (Wildman–Crippen LogP) is 2.29. The van der Waals surface area contributed by atoms with Crippen molar-refractivity contribution in [2.24, 2.45) is 0 Å². The summed E-state index contributed by atoms with van der Waals surface area (Å²) in [4.78, 5) is 32.7. The number of rotatable bonds is 5. The van der Waals surface area contributed by atoms with Gasteiger partial charge in [0, 0.05) is 56.7 Å². The van der Waals surface area contributed by atoms with Crippen molar-refractivity contribution < 1.29 is 9.53 Å². The van der Waals surface area contributed by atoms with Gasteiger partial charge in [0.15, 0.2) is 0 Å². The summed E-state index contributed by atoms with van der Waals surface area (Å²) < 4.78 is 5.39. The Morgan fingerprint density at radius 1 is 0.788 bits per heavy atom. The summed E-state index contributed by atoms with van der Waals surface area (Å²) >= 11 is 0. The summed E-state index contributed by atoms with van der Waals surface area (Å²) in [5.41, 5.74) is 2.28. The van der Waals surface area contributed by atoms with E-state index in [9.17, 15) is 4.79 Å². The van der Waals surface area contributed by atoms with Crippen molar-refractivity contribution in [1.82, 2.24) is 15.0 Å². The first kappa shape index (κ1) is 21.1. The van der Waals surface area contributed by atoms with Crippen LogP contribution in [0.4, 0.5) is 23.1 Å². The number of amides is 1. The molecule has 33 heavy (non-hydrogen) atoms. The second kappa shape index (κ2) is 9.83. The fourth-order valence-corrected chi connectivity index (χ4v) is 4.07. The first-order chi connectivity index (χ1) is 16.3. The van der Waals surface area contributed by atoms with Gasteiger partial charge in [-0.25, -0.2) is 15.0 Å². The van der Waals surface area contributed by atoms with Crippen LogP contribution in [0.2, 0.25) is 0 Å². The van der Waals surface area contributed by atoms with Crippen molar-refractivity contribution in [2.75, 3.05) is 72.5 Å². The minimum absolute atomic E-state index is 0.177. The number of piperazine rings is 1. The Labute approximate surface area is 193 Å². The Bertz CT molecular complexity index is 1050. The molecule has 2 aromatic heterocycles. The summed E-state index contributed by atoms with van der Waals surface area (Å²) in [5, 5.41) is 2.88. The van der Waals surface area contributed by atoms with Crippen LogP contribution in [0.3, 0.4) is 0 Å². The number of anilines is 4. The van der Waals surface area contributed by atoms with Crippen LogP contribution >= 0.6 is 0 Å². The molecule has 2 saturated heterocycles. The van der Waals surface area contributed by atoms with Crippen molar-refractivity contribution in [3.8, 4) is 0 Å². The van der Waals surface area contributed by atoms with Crippen molar-refractivity contribution in [3.63, 3.8) is 0 Å². The summed E-state index contributed by atoms with van der Waals surface area (Å²) in [6.45, 7) is 6.56. The lowest BCUT2D eigenvalue weighted by Gasteiger charge is -2.35. The Kier molecular flexibility index (Phi) is 6.30. The molecule has 0 unspecified atom stereocenters. The van der Waals surface area contributed by atoms with Crippen molar-refractivity contribution in [1.29, 1.82) is 0 Å². The fourth-order valence-electron chi connectivity index (χ4n) is 4.07. The highest BCUT2D eigenvalue weighted by Gasteiger charge is 2.20. The lowest BCUT2D eigenvalue weighted by molar-refractivity contribution is 0.102. The van der Waals surface area contributed by atoms with E-state index in [0.717, 1.165) is 64.0 Å². The molecule has 170 valence electrons. The number of ether oxygens (including phenoxy) is 1. The number of hydrogen-bond acceptors (Lipinski definition) is 8. The predicted molar refractivity (Wildman–Crippen MR) is 128 cm³/mol. The average molecular weight is 446 g/mol. The van der Waals surface area contributed by atoms with Gasteiger partial charge in [-0.1, -0.05) is 6.07 Å². The number of pyridine rings is 1. The summed E-state index contributed by atoms with van der Waals surface area (Å²) in [6, 6.07) is 13.6. The van der Waals surface area contributed by atoms with Gasteiger partial charge in [-0.3, -0.25) is 4.79 Å². The number of benzene rings is 1. The third-order valence-corrected chi connectivity index (χ3v) is 5.94. The number of carbonyl (C=O) groups excluding carboxylic acids is 1. The van der Waals surface area contributed by atoms with Gasteiger partial charge < -0.3 is 24.8 Å². The third kappa shape index (κ3) is 5.04. The molecule has 1 amide bonds. The second-order valence-electron chi connectivity index (χ2n) is 8.03. The Morgan fingerprint density at radius 2 is 1.48 bits per heavy atom. The van der Waals surface area contributed by atoms with Crippen LogP contribution in [-0.2, 0) is 4.74 Å². The molecule has 2 aliphatic heterocycles. The van der Waals surface area contributed by atoms with E-state index < -0.39 is 0 Å². The molecule has 0 radical (unpaired) electrons. The number of aromatic nitrogens is 3. The molecule has 9 nitrogen and oxygen atoms in total. The number of morpholine rings is 1. The van der Waals surface area contributed by atoms with Crippen LogP contribution in [0.25, 0.3) is 0 Å². The fraction of sp³-hybridized carbons (Fsp3) is 0.333. The first-order valence-electron chi connectivity index (χ1n) is 11.2. The number of carbonyl (C=O) groups is 1. The zero-order valence-electron chi connectivity index (χ0n) is 18.4. The monoisotopic (exact) mass is 445 g/mol. The summed E-state index contributed by atoms with van der Waals surface area (Å²) in [5.74, 6) is 1.49. The minimum atomic E-state index is -0.177. The van der Waals surface area contributed by atoms with Gasteiger partial charge >= 0.3 is 0 Å². The van der Waals surface area contributed by atoms with Crippen LogP contribution in [0.1, 0.15) is 10.4 Å². The van der Waals surface area contributed by atoms with Gasteiger partial charge in [0.2, 0.25) is 5.95 Å². The molecule has 1 N–H and O–H groups in total. The smallest absolute Gasteiger partial charge is 0.255 e. The molecule has 2 aliphatic rings. The lowest BCUT2D eigenvalue weighted by Crippen LogP contribution is -2.47. The molecular weight excluding hydrogens is 418 g/mol. The second-order valence-corrected chi connectivity index (χ2v) is 8.03. The largest absolute Gasteiger partial charge is 0.378 e. The number of nitrogens with zero attached hydrogens (tertiary/aromatic N) is 6. The molecular formula is C24H27N7O2. The number of nitrogens with one attached hydrogen (secondary N) is 1. The van der Waals surface area contributed by atoms with E-state index in [0.29, 0.717) is 17.2 Å². The zero-order chi connectivity index (χ0) is 22.5. The van der Waals surface area contributed by atoms with Crippen LogP contribution in [0.15, 0.2) is 61.1 Å². The third-order valence-electron chi connectivity index (χ3n) is 5.94. The molecule has 3 aromatic rings. The van der Waals surface area contributed by atoms with E-state index in [1.165, 1.54) is 0 Å². The Balaban J connectivity index is 1.15. The lowest BCUT2D eigenvalue weighted by atomic mass is 10.1. The van der Waals surface area contributed by atoms with Crippen molar-refractivity contribution >= 4 is 29.0 Å². The van der Waals surface area contributed by atoms with E-state index in [2.05, 4.69) is 35.0 Å². The number of hydrogen-bond donors (Lipinski definition) is 1. The van der Waals surface area contributed by atoms with Gasteiger partial charge in [0.1, 0.15) is 5.82 Å². The van der Waals surface area contributed by atoms with Crippen LogP contribution in [0.5, 0.6) is 0 Å². The van der Waals surface area contributed by atoms with Gasteiger partial charge in [-0.2, -0.15) is 0 Å². The van der Waals surface area contributed by atoms with Gasteiger partial charge in [0.05, 0.1) is 31.3 Å². The summed E-state index contributed by atoms with van der Waals surface area (Å²) in [7, 11) is 0. The first-order valence-corrected chi connectivity index (χ1v) is 11.2. The standard InChI is InChI=1S/C24H27N7O2/c32-23(19-4-6-21(7-5-19)29-13-15-33-16-14-29)28-20-17-26-24(27-18-20)31-11-9-30(10-12-31)22-3-1-2-8-25-22/h1-8,17-18H,9-16H2,(H,28,32). The average Bonchev–Trinajstić information content (AvgIpc) is 2.90. The maximum absolute atomic E-state index is 12.6. The van der Waals surface area contributed by atoms with E-state index >= 15 is 0 Å². The van der Waals surface area contributed by atoms with E-state index in [1.807, 2.05) is 48.7 Å². The zero-order valence-corrected chi connectivity index (χ0v) is 18.4. The van der Waals surface area contributed by atoms with Crippen LogP contribution in [-0.4, -0.2) is 73.3 Å². The Hall–Kier alpha value is -3.72. The maximum atomic E-state index is 12.6. The SMILES string of the molecule is O=C(Nc1cnc(N2CCN(c3ccccn3)CC2)nc1)c1ccc(N2CCOCC2)cc1. The molecule has 5 rings (SSSR count). The molecule has 1 aromatic carbocycles. The van der Waals surface area contributed by atoms with Gasteiger partial charge in [-0.15, -0.1) is 0 Å². The van der Waals surface area contributed by atoms with Crippen molar-refractivity contribution in [3.05, 3.63) is 66.6 Å². The topological polar surface area (TPSA) is 86.7 Å². The molecule has 0 bridgehead atoms. The van der Waals surface area contributed by atoms with E-state index in [-0.39, 0.29) is 5.91 Å². The van der Waals surface area contributed by atoms with Crippen molar-refractivity contribution in [2.45, 2.75) is 0 Å². The highest BCUT2D eigenvalue weighted by molar-refractivity contribution is 6.04. The maximum Gasteiger partial charge on any atom is 0.255 e. The van der Waals surface area contributed by atoms with Gasteiger partial charge in [-0.05, 0) is 36.4 Å². The molecule has 0 spiro atoms. The quantitative estimate of drug-likeness (QED) is 0.640. The molecule has 0 aliphatic carbocycles. The molecule has 4 heterocycles. The van der Waals surface area contributed by atoms with Crippen LogP contribution in [0, 0.1) is 0 Å². The van der Waals surface area contributed by atoms with Crippen LogP contribution < -0.4 is 20.0 Å². The van der Waals surface area contributed by atoms with E-state index in [1.54, 1.807) is 12.4 Å². The minimum Gasteiger partial charge on any atom is -0.378 e. The molecule has 9 heteroatoms. The van der Waals surface area contributed by atoms with Gasteiger partial charge in [0.25, 0.3) is 5.91 Å². The normalized spacial score (nSPS) is 16.5. The highest BCUT2D eigenvalue weighted by atomic mass is 16.5. The summed E-state index contributed by atoms with van der Waals surface area (Å²) in [6.07, 6.45) is 5.14. The molecule has 2 fully saturated rings. The Morgan fingerprint density at radius 3 is 2.15 bits per heavy atom. The molecule has 0 atom stereocenters. The molecule has 0 saturated carbocycles. The van der Waals surface area contributed by atoms with E-state index in [4.69, 9.17) is 4.74 Å².